The monoisotopic (exact) mass is 218 g/mol. The zero-order chi connectivity index (χ0) is 11.0. The molecule has 14 heavy (non-hydrogen) atoms. The minimum atomic E-state index is 0.213. The van der Waals surface area contributed by atoms with E-state index in [1.807, 2.05) is 11.8 Å². The van der Waals surface area contributed by atoms with Crippen molar-refractivity contribution in [1.82, 2.24) is 10.2 Å². The lowest BCUT2D eigenvalue weighted by molar-refractivity contribution is -0.128. The summed E-state index contributed by atoms with van der Waals surface area (Å²) < 4.78 is 0. The van der Waals surface area contributed by atoms with Crippen LogP contribution >= 0.6 is 11.8 Å². The van der Waals surface area contributed by atoms with Crippen molar-refractivity contribution >= 4 is 17.7 Å². The Kier molecular flexibility index (Phi) is 7.99. The average Bonchev–Trinajstić information content (AvgIpc) is 2.16. The molecule has 0 aromatic rings. The minimum absolute atomic E-state index is 0.213. The van der Waals surface area contributed by atoms with Crippen LogP contribution in [0, 0.1) is 0 Å². The number of hydrogen-bond donors (Lipinski definition) is 1. The van der Waals surface area contributed by atoms with Crippen LogP contribution in [0.5, 0.6) is 0 Å². The molecule has 0 aliphatic carbocycles. The molecule has 0 saturated heterocycles. The lowest BCUT2D eigenvalue weighted by Crippen LogP contribution is -2.26. The summed E-state index contributed by atoms with van der Waals surface area (Å²) in [5.74, 6) is 0.213. The fraction of sp³-hybridized carbons (Fsp3) is 0.900. The Morgan fingerprint density at radius 3 is 2.64 bits per heavy atom. The van der Waals surface area contributed by atoms with E-state index in [2.05, 4.69) is 18.5 Å². The van der Waals surface area contributed by atoms with Gasteiger partial charge in [0.1, 0.15) is 0 Å². The molecule has 1 N–H and O–H groups in total. The van der Waals surface area contributed by atoms with E-state index in [0.717, 1.165) is 19.5 Å². The Morgan fingerprint density at radius 1 is 1.50 bits per heavy atom. The lowest BCUT2D eigenvalue weighted by atomic mass is 10.3. The molecular formula is C10H22N2OS. The minimum Gasteiger partial charge on any atom is -0.349 e. The number of thioether (sulfide) groups is 1. The van der Waals surface area contributed by atoms with Crippen LogP contribution in [0.25, 0.3) is 0 Å². The summed E-state index contributed by atoms with van der Waals surface area (Å²) in [5.41, 5.74) is 0. The number of hydrogen-bond acceptors (Lipinski definition) is 3. The van der Waals surface area contributed by atoms with E-state index in [9.17, 15) is 4.79 Å². The molecule has 0 rings (SSSR count). The number of carbonyl (C=O) groups excluding carboxylic acids is 1. The highest BCUT2D eigenvalue weighted by atomic mass is 32.2. The van der Waals surface area contributed by atoms with Gasteiger partial charge in [0.25, 0.3) is 0 Å². The first-order valence-corrected chi connectivity index (χ1v) is 6.30. The van der Waals surface area contributed by atoms with Crippen LogP contribution in [-0.4, -0.2) is 49.5 Å². The number of nitrogens with one attached hydrogen (secondary N) is 1. The number of nitrogens with zero attached hydrogens (tertiary/aromatic N) is 1. The molecule has 84 valence electrons. The van der Waals surface area contributed by atoms with Gasteiger partial charge in [-0.25, -0.2) is 0 Å². The van der Waals surface area contributed by atoms with Gasteiger partial charge in [0.15, 0.2) is 0 Å². The molecule has 0 spiro atoms. The van der Waals surface area contributed by atoms with Gasteiger partial charge in [0, 0.05) is 32.3 Å². The van der Waals surface area contributed by atoms with Gasteiger partial charge in [-0.15, -0.1) is 0 Å². The number of amides is 1. The van der Waals surface area contributed by atoms with Crippen molar-refractivity contribution in [3.8, 4) is 0 Å². The van der Waals surface area contributed by atoms with Crippen molar-refractivity contribution in [2.75, 3.05) is 33.4 Å². The first kappa shape index (κ1) is 13.8. The standard InChI is InChI=1S/C10H22N2OS/c1-9(14-4)8-11-7-5-6-10(13)12(2)3/h9,11H,5-8H2,1-4H3. The van der Waals surface area contributed by atoms with E-state index in [4.69, 9.17) is 0 Å². The molecule has 0 heterocycles. The van der Waals surface area contributed by atoms with Crippen molar-refractivity contribution in [2.45, 2.75) is 25.0 Å². The third-order valence-electron chi connectivity index (χ3n) is 2.08. The summed E-state index contributed by atoms with van der Waals surface area (Å²) in [7, 11) is 3.59. The van der Waals surface area contributed by atoms with Gasteiger partial charge in [-0.2, -0.15) is 11.8 Å². The Morgan fingerprint density at radius 2 is 2.14 bits per heavy atom. The van der Waals surface area contributed by atoms with Crippen LogP contribution in [0.15, 0.2) is 0 Å². The summed E-state index contributed by atoms with van der Waals surface area (Å²) in [6.45, 7) is 4.16. The molecule has 0 bridgehead atoms. The maximum absolute atomic E-state index is 11.2. The highest BCUT2D eigenvalue weighted by Crippen LogP contribution is 2.02. The molecule has 1 unspecified atom stereocenters. The fourth-order valence-electron chi connectivity index (χ4n) is 0.977. The Balaban J connectivity index is 3.26. The largest absolute Gasteiger partial charge is 0.349 e. The average molecular weight is 218 g/mol. The molecule has 0 fully saturated rings. The molecule has 1 atom stereocenters. The van der Waals surface area contributed by atoms with Crippen molar-refractivity contribution < 1.29 is 4.79 Å². The first-order chi connectivity index (χ1) is 6.57. The Bertz CT molecular complexity index is 162. The molecule has 0 aromatic carbocycles. The first-order valence-electron chi connectivity index (χ1n) is 5.01. The van der Waals surface area contributed by atoms with Gasteiger partial charge < -0.3 is 10.2 Å². The van der Waals surface area contributed by atoms with E-state index in [1.165, 1.54) is 0 Å². The zero-order valence-corrected chi connectivity index (χ0v) is 10.5. The van der Waals surface area contributed by atoms with Crippen LogP contribution in [0.3, 0.4) is 0 Å². The van der Waals surface area contributed by atoms with Crippen molar-refractivity contribution in [1.29, 1.82) is 0 Å². The normalized spacial score (nSPS) is 12.6. The number of carbonyl (C=O) groups is 1. The molecule has 4 heteroatoms. The molecular weight excluding hydrogens is 196 g/mol. The maximum Gasteiger partial charge on any atom is 0.222 e. The van der Waals surface area contributed by atoms with Crippen LogP contribution in [-0.2, 0) is 4.79 Å². The summed E-state index contributed by atoms with van der Waals surface area (Å²) in [6.07, 6.45) is 3.69. The van der Waals surface area contributed by atoms with Crippen LogP contribution < -0.4 is 5.32 Å². The summed E-state index contributed by atoms with van der Waals surface area (Å²) >= 11 is 1.86. The fourth-order valence-corrected chi connectivity index (χ4v) is 1.26. The Hall–Kier alpha value is -0.220. The summed E-state index contributed by atoms with van der Waals surface area (Å²) in [6, 6.07) is 0. The predicted molar refractivity (Wildman–Crippen MR) is 63.8 cm³/mol. The van der Waals surface area contributed by atoms with Crippen LogP contribution in [0.4, 0.5) is 0 Å². The molecule has 1 amide bonds. The molecule has 0 aliphatic rings. The van der Waals surface area contributed by atoms with Gasteiger partial charge in [0.2, 0.25) is 5.91 Å². The highest BCUT2D eigenvalue weighted by Gasteiger charge is 2.03. The van der Waals surface area contributed by atoms with E-state index in [0.29, 0.717) is 11.7 Å². The summed E-state index contributed by atoms with van der Waals surface area (Å²) in [4.78, 5) is 12.8. The zero-order valence-electron chi connectivity index (χ0n) is 9.67. The topological polar surface area (TPSA) is 32.3 Å². The second kappa shape index (κ2) is 8.12. The molecule has 0 radical (unpaired) electrons. The third kappa shape index (κ3) is 7.21. The van der Waals surface area contributed by atoms with Gasteiger partial charge in [-0.1, -0.05) is 6.92 Å². The van der Waals surface area contributed by atoms with E-state index in [-0.39, 0.29) is 5.91 Å². The van der Waals surface area contributed by atoms with E-state index >= 15 is 0 Å². The summed E-state index contributed by atoms with van der Waals surface area (Å²) in [5, 5.41) is 3.99. The molecule has 0 aromatic heterocycles. The highest BCUT2D eigenvalue weighted by molar-refractivity contribution is 7.99. The number of rotatable bonds is 7. The van der Waals surface area contributed by atoms with E-state index < -0.39 is 0 Å². The van der Waals surface area contributed by atoms with Crippen molar-refractivity contribution in [3.63, 3.8) is 0 Å². The smallest absolute Gasteiger partial charge is 0.222 e. The molecule has 0 aliphatic heterocycles. The van der Waals surface area contributed by atoms with Crippen molar-refractivity contribution in [3.05, 3.63) is 0 Å². The quantitative estimate of drug-likeness (QED) is 0.652. The van der Waals surface area contributed by atoms with Crippen molar-refractivity contribution in [2.24, 2.45) is 0 Å². The molecule has 0 saturated carbocycles. The van der Waals surface area contributed by atoms with E-state index in [1.54, 1.807) is 19.0 Å². The second-order valence-corrected chi connectivity index (χ2v) is 4.92. The SMILES string of the molecule is CSC(C)CNCCCC(=O)N(C)C. The third-order valence-corrected chi connectivity index (χ3v) is 3.05. The van der Waals surface area contributed by atoms with Gasteiger partial charge >= 0.3 is 0 Å². The maximum atomic E-state index is 11.2. The Labute approximate surface area is 91.6 Å². The van der Waals surface area contributed by atoms with Crippen LogP contribution in [0.2, 0.25) is 0 Å². The second-order valence-electron chi connectivity index (χ2n) is 3.64. The van der Waals surface area contributed by atoms with Gasteiger partial charge in [-0.05, 0) is 19.2 Å². The predicted octanol–water partition coefficient (Wildman–Crippen LogP) is 1.20. The lowest BCUT2D eigenvalue weighted by Gasteiger charge is -2.11. The molecule has 3 nitrogen and oxygen atoms in total. The van der Waals surface area contributed by atoms with Crippen LogP contribution in [0.1, 0.15) is 19.8 Å². The van der Waals surface area contributed by atoms with Gasteiger partial charge in [-0.3, -0.25) is 4.79 Å². The van der Waals surface area contributed by atoms with Gasteiger partial charge in [0.05, 0.1) is 0 Å².